The Morgan fingerprint density at radius 3 is 2.73 bits per heavy atom. The van der Waals surface area contributed by atoms with Crippen LogP contribution in [-0.4, -0.2) is 42.1 Å². The number of hydrogen-bond acceptors (Lipinski definition) is 2. The Morgan fingerprint density at radius 2 is 2.20 bits per heavy atom. The number of carbonyl (C=O) groups excluding carboxylic acids is 1. The summed E-state index contributed by atoms with van der Waals surface area (Å²) in [4.78, 5) is 23.0. The van der Waals surface area contributed by atoms with Crippen molar-refractivity contribution in [2.24, 2.45) is 0 Å². The van der Waals surface area contributed by atoms with Gasteiger partial charge in [0.2, 0.25) is 0 Å². The van der Waals surface area contributed by atoms with Crippen LogP contribution in [0.25, 0.3) is 0 Å². The highest BCUT2D eigenvalue weighted by Crippen LogP contribution is 1.93. The number of rotatable bonds is 7. The first kappa shape index (κ1) is 13.5. The van der Waals surface area contributed by atoms with Gasteiger partial charge in [0.05, 0.1) is 0 Å². The van der Waals surface area contributed by atoms with E-state index in [1.807, 2.05) is 0 Å². The summed E-state index contributed by atoms with van der Waals surface area (Å²) < 4.78 is 0. The summed E-state index contributed by atoms with van der Waals surface area (Å²) in [6, 6.07) is -0.178. The fraction of sp³-hybridized carbons (Fsp3) is 0.600. The van der Waals surface area contributed by atoms with E-state index in [0.717, 1.165) is 6.42 Å². The second-order valence-corrected chi connectivity index (χ2v) is 3.23. The first-order valence-electron chi connectivity index (χ1n) is 4.89. The van der Waals surface area contributed by atoms with E-state index in [9.17, 15) is 9.59 Å². The van der Waals surface area contributed by atoms with Crippen molar-refractivity contribution in [1.29, 1.82) is 0 Å². The number of hydrogen-bond donors (Lipinski definition) is 2. The lowest BCUT2D eigenvalue weighted by molar-refractivity contribution is -0.137. The Hall–Kier alpha value is -1.52. The minimum absolute atomic E-state index is 0.0876. The van der Waals surface area contributed by atoms with E-state index in [2.05, 4.69) is 11.9 Å². The molecule has 2 N–H and O–H groups in total. The van der Waals surface area contributed by atoms with E-state index in [0.29, 0.717) is 19.5 Å². The molecule has 0 aromatic heterocycles. The maximum absolute atomic E-state index is 11.3. The van der Waals surface area contributed by atoms with Crippen LogP contribution >= 0.6 is 0 Å². The number of amides is 2. The van der Waals surface area contributed by atoms with Gasteiger partial charge in [0.25, 0.3) is 0 Å². The Bertz CT molecular complexity index is 229. The van der Waals surface area contributed by atoms with Crippen LogP contribution in [0, 0.1) is 0 Å². The third kappa shape index (κ3) is 7.54. The minimum Gasteiger partial charge on any atom is -0.481 e. The average Bonchev–Trinajstić information content (AvgIpc) is 2.17. The summed E-state index contributed by atoms with van der Waals surface area (Å²) in [5, 5.41) is 11.1. The quantitative estimate of drug-likeness (QED) is 0.492. The Balaban J connectivity index is 3.59. The third-order valence-corrected chi connectivity index (χ3v) is 1.86. The molecule has 0 fully saturated rings. The number of aliphatic carboxylic acids is 1. The molecule has 0 aromatic carbocycles. The van der Waals surface area contributed by atoms with Gasteiger partial charge in [-0.3, -0.25) is 4.79 Å². The van der Waals surface area contributed by atoms with Gasteiger partial charge in [-0.05, 0) is 12.8 Å². The van der Waals surface area contributed by atoms with Gasteiger partial charge in [-0.25, -0.2) is 4.79 Å². The van der Waals surface area contributed by atoms with Crippen LogP contribution in [-0.2, 0) is 4.79 Å². The Labute approximate surface area is 89.8 Å². The molecular formula is C10H18N2O3. The summed E-state index contributed by atoms with van der Waals surface area (Å²) in [6.45, 7) is 4.55. The molecule has 15 heavy (non-hydrogen) atoms. The monoisotopic (exact) mass is 214 g/mol. The van der Waals surface area contributed by atoms with E-state index in [1.165, 1.54) is 4.90 Å². The third-order valence-electron chi connectivity index (χ3n) is 1.86. The summed E-state index contributed by atoms with van der Waals surface area (Å²) in [5.74, 6) is -0.838. The van der Waals surface area contributed by atoms with Crippen molar-refractivity contribution in [2.45, 2.75) is 19.3 Å². The SMILES string of the molecule is C=CCCNC(=O)N(C)CCCC(=O)O. The van der Waals surface area contributed by atoms with Crippen molar-refractivity contribution >= 4 is 12.0 Å². The van der Waals surface area contributed by atoms with Gasteiger partial charge in [-0.15, -0.1) is 6.58 Å². The molecule has 0 aliphatic rings. The molecule has 0 aromatic rings. The molecule has 2 amide bonds. The lowest BCUT2D eigenvalue weighted by Crippen LogP contribution is -2.38. The van der Waals surface area contributed by atoms with Gasteiger partial charge in [0.1, 0.15) is 0 Å². The molecule has 86 valence electrons. The van der Waals surface area contributed by atoms with Crippen LogP contribution in [0.3, 0.4) is 0 Å². The van der Waals surface area contributed by atoms with Crippen molar-refractivity contribution in [1.82, 2.24) is 10.2 Å². The summed E-state index contributed by atoms with van der Waals surface area (Å²) in [7, 11) is 1.64. The number of carboxylic acid groups (broad SMARTS) is 1. The van der Waals surface area contributed by atoms with E-state index in [-0.39, 0.29) is 12.5 Å². The summed E-state index contributed by atoms with van der Waals surface area (Å²) in [6.07, 6.45) is 3.02. The molecule has 0 atom stereocenters. The second-order valence-electron chi connectivity index (χ2n) is 3.23. The summed E-state index contributed by atoms with van der Waals surface area (Å²) in [5.41, 5.74) is 0. The highest BCUT2D eigenvalue weighted by molar-refractivity contribution is 5.73. The van der Waals surface area contributed by atoms with Crippen LogP contribution in [0.4, 0.5) is 4.79 Å². The van der Waals surface area contributed by atoms with Gasteiger partial charge in [-0.1, -0.05) is 6.08 Å². The lowest BCUT2D eigenvalue weighted by Gasteiger charge is -2.16. The first-order valence-corrected chi connectivity index (χ1v) is 4.89. The number of nitrogens with one attached hydrogen (secondary N) is 1. The molecule has 0 unspecified atom stereocenters. The predicted octanol–water partition coefficient (Wildman–Crippen LogP) is 1.07. The molecule has 0 saturated heterocycles. The Morgan fingerprint density at radius 1 is 1.53 bits per heavy atom. The predicted molar refractivity (Wildman–Crippen MR) is 57.7 cm³/mol. The first-order chi connectivity index (χ1) is 7.07. The zero-order valence-electron chi connectivity index (χ0n) is 9.03. The minimum atomic E-state index is -0.838. The molecule has 0 saturated carbocycles. The van der Waals surface area contributed by atoms with Crippen molar-refractivity contribution in [3.63, 3.8) is 0 Å². The fourth-order valence-electron chi connectivity index (χ4n) is 0.985. The molecule has 5 heteroatoms. The van der Waals surface area contributed by atoms with Crippen LogP contribution in [0.5, 0.6) is 0 Å². The number of nitrogens with zero attached hydrogens (tertiary/aromatic N) is 1. The van der Waals surface area contributed by atoms with Gasteiger partial charge in [0.15, 0.2) is 0 Å². The molecule has 0 bridgehead atoms. The molecule has 0 rings (SSSR count). The molecule has 0 heterocycles. The van der Waals surface area contributed by atoms with Gasteiger partial charge in [0, 0.05) is 26.6 Å². The molecular weight excluding hydrogens is 196 g/mol. The highest BCUT2D eigenvalue weighted by Gasteiger charge is 2.07. The maximum atomic E-state index is 11.3. The van der Waals surface area contributed by atoms with Gasteiger partial charge in [-0.2, -0.15) is 0 Å². The van der Waals surface area contributed by atoms with E-state index >= 15 is 0 Å². The normalized spacial score (nSPS) is 9.40. The van der Waals surface area contributed by atoms with Crippen LogP contribution in [0.15, 0.2) is 12.7 Å². The molecule has 0 spiro atoms. The number of carbonyl (C=O) groups is 2. The van der Waals surface area contributed by atoms with Crippen molar-refractivity contribution in [2.75, 3.05) is 20.1 Å². The molecule has 0 radical (unpaired) electrons. The van der Waals surface area contributed by atoms with Crippen LogP contribution in [0.1, 0.15) is 19.3 Å². The topological polar surface area (TPSA) is 69.6 Å². The number of urea groups is 1. The van der Waals surface area contributed by atoms with E-state index in [1.54, 1.807) is 13.1 Å². The second kappa shape index (κ2) is 7.84. The highest BCUT2D eigenvalue weighted by atomic mass is 16.4. The zero-order chi connectivity index (χ0) is 11.7. The summed E-state index contributed by atoms with van der Waals surface area (Å²) >= 11 is 0. The molecule has 0 aliphatic heterocycles. The van der Waals surface area contributed by atoms with E-state index in [4.69, 9.17) is 5.11 Å². The number of carboxylic acids is 1. The molecule has 5 nitrogen and oxygen atoms in total. The molecule has 0 aliphatic carbocycles. The lowest BCUT2D eigenvalue weighted by atomic mass is 10.3. The van der Waals surface area contributed by atoms with Gasteiger partial charge >= 0.3 is 12.0 Å². The van der Waals surface area contributed by atoms with Crippen LogP contribution in [0.2, 0.25) is 0 Å². The smallest absolute Gasteiger partial charge is 0.317 e. The largest absolute Gasteiger partial charge is 0.481 e. The zero-order valence-corrected chi connectivity index (χ0v) is 9.03. The van der Waals surface area contributed by atoms with Crippen molar-refractivity contribution in [3.05, 3.63) is 12.7 Å². The Kier molecular flexibility index (Phi) is 7.05. The standard InChI is InChI=1S/C10H18N2O3/c1-3-4-7-11-10(15)12(2)8-5-6-9(13)14/h3H,1,4-8H2,2H3,(H,11,15)(H,13,14). The van der Waals surface area contributed by atoms with E-state index < -0.39 is 5.97 Å². The van der Waals surface area contributed by atoms with Crippen molar-refractivity contribution < 1.29 is 14.7 Å². The fourth-order valence-corrected chi connectivity index (χ4v) is 0.985. The van der Waals surface area contributed by atoms with Gasteiger partial charge < -0.3 is 15.3 Å². The van der Waals surface area contributed by atoms with Crippen LogP contribution < -0.4 is 5.32 Å². The maximum Gasteiger partial charge on any atom is 0.317 e. The van der Waals surface area contributed by atoms with Crippen molar-refractivity contribution in [3.8, 4) is 0 Å². The average molecular weight is 214 g/mol.